The number of methoxy groups -OCH3 is 1. The van der Waals surface area contributed by atoms with Gasteiger partial charge in [-0.05, 0) is 35.4 Å². The molecule has 2 aromatic rings. The van der Waals surface area contributed by atoms with Gasteiger partial charge in [-0.15, -0.1) is 0 Å². The number of rotatable bonds is 6. The number of hydrogen-bond acceptors (Lipinski definition) is 3. The first kappa shape index (κ1) is 18.9. The standard InChI is InChI=1S/C18H16ClF2NO3/c1-25-18(24)16(8-11-2-4-13(19)5-3-11)22-17(23)9-12-6-14(20)10-15(21)7-12/h2-7,10,16H,8-9H2,1H3,(H,22,23)/t16-/m0/s1. The van der Waals surface area contributed by atoms with Crippen molar-refractivity contribution in [3.05, 3.63) is 70.2 Å². The van der Waals surface area contributed by atoms with Crippen LogP contribution in [0.5, 0.6) is 0 Å². The quantitative estimate of drug-likeness (QED) is 0.798. The molecule has 0 aliphatic heterocycles. The zero-order chi connectivity index (χ0) is 18.4. The zero-order valence-electron chi connectivity index (χ0n) is 13.4. The molecule has 0 unspecified atom stereocenters. The summed E-state index contributed by atoms with van der Waals surface area (Å²) in [7, 11) is 1.21. The SMILES string of the molecule is COC(=O)[C@H](Cc1ccc(Cl)cc1)NC(=O)Cc1cc(F)cc(F)c1. The highest BCUT2D eigenvalue weighted by Crippen LogP contribution is 2.12. The highest BCUT2D eigenvalue weighted by Gasteiger charge is 2.22. The summed E-state index contributed by atoms with van der Waals surface area (Å²) in [5, 5.41) is 3.08. The van der Waals surface area contributed by atoms with Gasteiger partial charge in [0.25, 0.3) is 0 Å². The monoisotopic (exact) mass is 367 g/mol. The van der Waals surface area contributed by atoms with Crippen LogP contribution >= 0.6 is 11.6 Å². The van der Waals surface area contributed by atoms with E-state index in [1.54, 1.807) is 24.3 Å². The number of esters is 1. The van der Waals surface area contributed by atoms with Gasteiger partial charge in [0.15, 0.2) is 0 Å². The zero-order valence-corrected chi connectivity index (χ0v) is 14.1. The molecule has 0 radical (unpaired) electrons. The molecular weight excluding hydrogens is 352 g/mol. The van der Waals surface area contributed by atoms with Crippen LogP contribution in [0.4, 0.5) is 8.78 Å². The summed E-state index contributed by atoms with van der Waals surface area (Å²) in [4.78, 5) is 24.0. The minimum Gasteiger partial charge on any atom is -0.467 e. The lowest BCUT2D eigenvalue weighted by Gasteiger charge is -2.17. The minimum absolute atomic E-state index is 0.171. The van der Waals surface area contributed by atoms with Crippen molar-refractivity contribution in [2.75, 3.05) is 7.11 Å². The molecule has 0 spiro atoms. The van der Waals surface area contributed by atoms with Gasteiger partial charge >= 0.3 is 5.97 Å². The van der Waals surface area contributed by atoms with Gasteiger partial charge in [0, 0.05) is 17.5 Å². The fourth-order valence-electron chi connectivity index (χ4n) is 2.34. The van der Waals surface area contributed by atoms with Crippen LogP contribution in [0.3, 0.4) is 0 Å². The maximum absolute atomic E-state index is 13.2. The number of benzene rings is 2. The van der Waals surface area contributed by atoms with Gasteiger partial charge in [-0.25, -0.2) is 13.6 Å². The normalized spacial score (nSPS) is 11.7. The first-order chi connectivity index (χ1) is 11.9. The van der Waals surface area contributed by atoms with E-state index in [1.165, 1.54) is 7.11 Å². The smallest absolute Gasteiger partial charge is 0.328 e. The van der Waals surface area contributed by atoms with Crippen LogP contribution in [-0.4, -0.2) is 25.0 Å². The fourth-order valence-corrected chi connectivity index (χ4v) is 2.46. The van der Waals surface area contributed by atoms with E-state index < -0.39 is 29.6 Å². The lowest BCUT2D eigenvalue weighted by atomic mass is 10.1. The Morgan fingerprint density at radius 3 is 2.24 bits per heavy atom. The van der Waals surface area contributed by atoms with E-state index in [0.717, 1.165) is 23.8 Å². The molecule has 0 aliphatic rings. The van der Waals surface area contributed by atoms with Crippen molar-refractivity contribution >= 4 is 23.5 Å². The van der Waals surface area contributed by atoms with Crippen LogP contribution in [0.25, 0.3) is 0 Å². The summed E-state index contributed by atoms with van der Waals surface area (Å²) >= 11 is 5.82. The first-order valence-electron chi connectivity index (χ1n) is 7.44. The number of halogens is 3. The van der Waals surface area contributed by atoms with Crippen molar-refractivity contribution in [2.24, 2.45) is 0 Å². The Bertz CT molecular complexity index is 745. The molecule has 7 heteroatoms. The van der Waals surface area contributed by atoms with E-state index in [2.05, 4.69) is 5.32 Å². The number of amides is 1. The summed E-state index contributed by atoms with van der Waals surface area (Å²) in [5.74, 6) is -2.70. The van der Waals surface area contributed by atoms with E-state index in [9.17, 15) is 18.4 Å². The average molecular weight is 368 g/mol. The van der Waals surface area contributed by atoms with Crippen molar-refractivity contribution in [2.45, 2.75) is 18.9 Å². The van der Waals surface area contributed by atoms with Crippen LogP contribution in [-0.2, 0) is 27.2 Å². The predicted octanol–water partition coefficient (Wildman–Crippen LogP) is 3.06. The van der Waals surface area contributed by atoms with Crippen molar-refractivity contribution in [1.82, 2.24) is 5.32 Å². The third-order valence-electron chi connectivity index (χ3n) is 3.46. The molecule has 0 saturated carbocycles. The highest BCUT2D eigenvalue weighted by molar-refractivity contribution is 6.30. The van der Waals surface area contributed by atoms with Gasteiger partial charge < -0.3 is 10.1 Å². The summed E-state index contributed by atoms with van der Waals surface area (Å²) in [5.41, 5.74) is 0.946. The molecular formula is C18H16ClF2NO3. The second-order valence-electron chi connectivity index (χ2n) is 5.43. The molecule has 0 bridgehead atoms. The Balaban J connectivity index is 2.06. The summed E-state index contributed by atoms with van der Waals surface area (Å²) in [6.45, 7) is 0. The molecule has 1 amide bonds. The lowest BCUT2D eigenvalue weighted by molar-refractivity contribution is -0.145. The largest absolute Gasteiger partial charge is 0.467 e. The van der Waals surface area contributed by atoms with Crippen LogP contribution in [0.1, 0.15) is 11.1 Å². The Hall–Kier alpha value is -2.47. The van der Waals surface area contributed by atoms with Crippen molar-refractivity contribution < 1.29 is 23.1 Å². The van der Waals surface area contributed by atoms with Crippen molar-refractivity contribution in [1.29, 1.82) is 0 Å². The second-order valence-corrected chi connectivity index (χ2v) is 5.86. The van der Waals surface area contributed by atoms with E-state index in [0.29, 0.717) is 5.02 Å². The van der Waals surface area contributed by atoms with Gasteiger partial charge in [-0.2, -0.15) is 0 Å². The maximum Gasteiger partial charge on any atom is 0.328 e. The van der Waals surface area contributed by atoms with Crippen molar-refractivity contribution in [3.63, 3.8) is 0 Å². The van der Waals surface area contributed by atoms with E-state index in [4.69, 9.17) is 16.3 Å². The molecule has 0 saturated heterocycles. The van der Waals surface area contributed by atoms with Gasteiger partial charge in [-0.1, -0.05) is 23.7 Å². The van der Waals surface area contributed by atoms with Gasteiger partial charge in [-0.3, -0.25) is 4.79 Å². The molecule has 0 fully saturated rings. The highest BCUT2D eigenvalue weighted by atomic mass is 35.5. The third kappa shape index (κ3) is 5.83. The Morgan fingerprint density at radius 2 is 1.68 bits per heavy atom. The Labute approximate surface area is 148 Å². The Kier molecular flexibility index (Phi) is 6.47. The third-order valence-corrected chi connectivity index (χ3v) is 3.71. The van der Waals surface area contributed by atoms with E-state index >= 15 is 0 Å². The van der Waals surface area contributed by atoms with Crippen LogP contribution in [0.15, 0.2) is 42.5 Å². The topological polar surface area (TPSA) is 55.4 Å². The van der Waals surface area contributed by atoms with Crippen LogP contribution in [0, 0.1) is 11.6 Å². The summed E-state index contributed by atoms with van der Waals surface area (Å²) in [6, 6.07) is 8.73. The molecule has 1 N–H and O–H groups in total. The van der Waals surface area contributed by atoms with E-state index in [1.807, 2.05) is 0 Å². The summed E-state index contributed by atoms with van der Waals surface area (Å²) in [6.07, 6.45) is -0.0596. The van der Waals surface area contributed by atoms with Crippen molar-refractivity contribution in [3.8, 4) is 0 Å². The Morgan fingerprint density at radius 1 is 1.08 bits per heavy atom. The predicted molar refractivity (Wildman–Crippen MR) is 89.2 cm³/mol. The van der Waals surface area contributed by atoms with Gasteiger partial charge in [0.1, 0.15) is 17.7 Å². The molecule has 4 nitrogen and oxygen atoms in total. The molecule has 1 atom stereocenters. The van der Waals surface area contributed by atoms with Gasteiger partial charge in [0.2, 0.25) is 5.91 Å². The minimum atomic E-state index is -0.919. The molecule has 0 heterocycles. The van der Waals surface area contributed by atoms with Gasteiger partial charge in [0.05, 0.1) is 13.5 Å². The fraction of sp³-hybridized carbons (Fsp3) is 0.222. The maximum atomic E-state index is 13.2. The van der Waals surface area contributed by atoms with Crippen LogP contribution < -0.4 is 5.32 Å². The second kappa shape index (κ2) is 8.58. The lowest BCUT2D eigenvalue weighted by Crippen LogP contribution is -2.43. The van der Waals surface area contributed by atoms with E-state index in [-0.39, 0.29) is 18.4 Å². The summed E-state index contributed by atoms with van der Waals surface area (Å²) < 4.78 is 31.1. The molecule has 0 aliphatic carbocycles. The molecule has 132 valence electrons. The number of carbonyl (C=O) groups excluding carboxylic acids is 2. The number of ether oxygens (including phenoxy) is 1. The molecule has 2 rings (SSSR count). The van der Waals surface area contributed by atoms with Crippen LogP contribution in [0.2, 0.25) is 5.02 Å². The molecule has 2 aromatic carbocycles. The number of carbonyl (C=O) groups is 2. The first-order valence-corrected chi connectivity index (χ1v) is 7.82. The molecule has 25 heavy (non-hydrogen) atoms. The number of hydrogen-bond donors (Lipinski definition) is 1. The average Bonchev–Trinajstić information content (AvgIpc) is 2.54. The number of nitrogens with one attached hydrogen (secondary N) is 1. The molecule has 0 aromatic heterocycles.